The predicted octanol–water partition coefficient (Wildman–Crippen LogP) is 3.02. The maximum absolute atomic E-state index is 14.8. The van der Waals surface area contributed by atoms with Crippen LogP contribution in [-0.2, 0) is 14.4 Å². The third kappa shape index (κ3) is 4.12. The zero-order chi connectivity index (χ0) is 22.3. The Labute approximate surface area is 171 Å². The second kappa shape index (κ2) is 7.66. The van der Waals surface area contributed by atoms with Crippen molar-refractivity contribution in [2.24, 2.45) is 5.92 Å². The van der Waals surface area contributed by atoms with Crippen LogP contribution in [0.15, 0.2) is 24.3 Å². The van der Waals surface area contributed by atoms with E-state index in [9.17, 15) is 28.0 Å². The molecule has 2 aliphatic rings. The maximum atomic E-state index is 14.8. The van der Waals surface area contributed by atoms with Crippen molar-refractivity contribution in [1.82, 2.24) is 9.96 Å². The van der Waals surface area contributed by atoms with Crippen LogP contribution in [0.1, 0.15) is 54.3 Å². The molecule has 2 heterocycles. The molecule has 0 aliphatic carbocycles. The highest BCUT2D eigenvalue weighted by molar-refractivity contribution is 6.20. The first-order valence-corrected chi connectivity index (χ1v) is 9.48. The number of hydroxylamine groups is 2. The highest BCUT2D eigenvalue weighted by Crippen LogP contribution is 2.35. The smallest absolute Gasteiger partial charge is 0.410 e. The van der Waals surface area contributed by atoms with Crippen LogP contribution < -0.4 is 0 Å². The number of halogens is 2. The topological polar surface area (TPSA) is 93.2 Å². The molecule has 3 amide bonds. The summed E-state index contributed by atoms with van der Waals surface area (Å²) in [6.07, 6.45) is -0.555. The standard InChI is InChI=1S/C20H22F2N2O6/c1-19(2,3)29-18(28)23-10-6-7-12(11-23)20(21,22)17(27)30-24-15(25)13-8-4-5-9-14(13)16(24)26/h4-5,8-9,12H,6-7,10-11H2,1-3H3. The van der Waals surface area contributed by atoms with Gasteiger partial charge in [0.05, 0.1) is 17.0 Å². The van der Waals surface area contributed by atoms with Crippen LogP contribution in [0.25, 0.3) is 0 Å². The largest absolute Gasteiger partial charge is 0.444 e. The van der Waals surface area contributed by atoms with Gasteiger partial charge in [0.1, 0.15) is 5.60 Å². The van der Waals surface area contributed by atoms with E-state index in [4.69, 9.17) is 4.74 Å². The Morgan fingerprint density at radius 3 is 2.17 bits per heavy atom. The summed E-state index contributed by atoms with van der Waals surface area (Å²) in [7, 11) is 0. The first-order chi connectivity index (χ1) is 13.9. The lowest BCUT2D eigenvalue weighted by molar-refractivity contribution is -0.206. The Morgan fingerprint density at radius 2 is 1.63 bits per heavy atom. The number of nitrogens with zero attached hydrogens (tertiary/aromatic N) is 2. The van der Waals surface area contributed by atoms with Crippen LogP contribution in [0.2, 0.25) is 0 Å². The van der Waals surface area contributed by atoms with Gasteiger partial charge in [-0.05, 0) is 45.7 Å². The normalized spacial score (nSPS) is 19.6. The van der Waals surface area contributed by atoms with Gasteiger partial charge in [0.25, 0.3) is 11.8 Å². The van der Waals surface area contributed by atoms with Gasteiger partial charge in [0, 0.05) is 13.1 Å². The van der Waals surface area contributed by atoms with E-state index in [-0.39, 0.29) is 35.6 Å². The molecule has 30 heavy (non-hydrogen) atoms. The quantitative estimate of drug-likeness (QED) is 0.693. The van der Waals surface area contributed by atoms with E-state index in [1.54, 1.807) is 20.8 Å². The van der Waals surface area contributed by atoms with Crippen LogP contribution in [0, 0.1) is 5.92 Å². The first kappa shape index (κ1) is 21.7. The van der Waals surface area contributed by atoms with Crippen molar-refractivity contribution in [2.45, 2.75) is 45.1 Å². The molecule has 8 nitrogen and oxygen atoms in total. The minimum atomic E-state index is -4.02. The lowest BCUT2D eigenvalue weighted by atomic mass is 9.92. The second-order valence-electron chi connectivity index (χ2n) is 8.22. The average Bonchev–Trinajstić information content (AvgIpc) is 2.92. The van der Waals surface area contributed by atoms with E-state index in [2.05, 4.69) is 4.84 Å². The van der Waals surface area contributed by atoms with E-state index < -0.39 is 47.9 Å². The summed E-state index contributed by atoms with van der Waals surface area (Å²) in [4.78, 5) is 54.5. The molecular formula is C20H22F2N2O6. The number of fused-ring (bicyclic) bond motifs is 1. The lowest BCUT2D eigenvalue weighted by Crippen LogP contribution is -2.51. The SMILES string of the molecule is CC(C)(C)OC(=O)N1CCCC(C(F)(F)C(=O)ON2C(=O)c3ccccc3C2=O)C1. The summed E-state index contributed by atoms with van der Waals surface area (Å²) in [5.74, 6) is -9.55. The van der Waals surface area contributed by atoms with Crippen molar-refractivity contribution in [3.8, 4) is 0 Å². The van der Waals surface area contributed by atoms with Gasteiger partial charge in [0.15, 0.2) is 0 Å². The maximum Gasteiger partial charge on any atom is 0.410 e. The number of hydrogen-bond acceptors (Lipinski definition) is 6. The van der Waals surface area contributed by atoms with E-state index in [1.165, 1.54) is 24.3 Å². The first-order valence-electron chi connectivity index (χ1n) is 9.48. The third-order valence-corrected chi connectivity index (χ3v) is 4.79. The Balaban J connectivity index is 1.69. The summed E-state index contributed by atoms with van der Waals surface area (Å²) < 4.78 is 34.8. The Bertz CT molecular complexity index is 861. The van der Waals surface area contributed by atoms with Crippen molar-refractivity contribution in [2.75, 3.05) is 13.1 Å². The fourth-order valence-corrected chi connectivity index (χ4v) is 3.33. The van der Waals surface area contributed by atoms with Gasteiger partial charge in [-0.3, -0.25) is 9.59 Å². The number of hydrogen-bond donors (Lipinski definition) is 0. The van der Waals surface area contributed by atoms with E-state index in [0.717, 1.165) is 4.90 Å². The summed E-state index contributed by atoms with van der Waals surface area (Å²) in [5.41, 5.74) is -0.864. The molecule has 3 rings (SSSR count). The molecule has 0 saturated carbocycles. The van der Waals surface area contributed by atoms with Crippen LogP contribution in [0.3, 0.4) is 0 Å². The molecule has 1 fully saturated rings. The average molecular weight is 424 g/mol. The Kier molecular flexibility index (Phi) is 5.53. The van der Waals surface area contributed by atoms with Gasteiger partial charge in [0.2, 0.25) is 0 Å². The van der Waals surface area contributed by atoms with Crippen molar-refractivity contribution < 1.29 is 37.5 Å². The van der Waals surface area contributed by atoms with Crippen LogP contribution in [-0.4, -0.2) is 58.5 Å². The van der Waals surface area contributed by atoms with Gasteiger partial charge in [-0.1, -0.05) is 17.2 Å². The molecule has 1 aromatic rings. The highest BCUT2D eigenvalue weighted by atomic mass is 19.3. The molecule has 1 saturated heterocycles. The van der Waals surface area contributed by atoms with Crippen molar-refractivity contribution in [1.29, 1.82) is 0 Å². The Morgan fingerprint density at radius 1 is 1.07 bits per heavy atom. The summed E-state index contributed by atoms with van der Waals surface area (Å²) >= 11 is 0. The molecule has 2 aliphatic heterocycles. The van der Waals surface area contributed by atoms with Gasteiger partial charge in [-0.25, -0.2) is 9.59 Å². The molecule has 0 bridgehead atoms. The zero-order valence-corrected chi connectivity index (χ0v) is 16.8. The lowest BCUT2D eigenvalue weighted by Gasteiger charge is -2.36. The number of piperidine rings is 1. The van der Waals surface area contributed by atoms with Crippen molar-refractivity contribution in [3.63, 3.8) is 0 Å². The number of rotatable bonds is 3. The molecule has 162 valence electrons. The van der Waals surface area contributed by atoms with Crippen LogP contribution in [0.4, 0.5) is 13.6 Å². The number of imide groups is 1. The molecule has 0 N–H and O–H groups in total. The molecule has 1 atom stereocenters. The van der Waals surface area contributed by atoms with Crippen molar-refractivity contribution in [3.05, 3.63) is 35.4 Å². The molecular weight excluding hydrogens is 402 g/mol. The minimum absolute atomic E-state index is 0.0348. The summed E-state index contributed by atoms with van der Waals surface area (Å²) in [6, 6.07) is 5.66. The zero-order valence-electron chi connectivity index (χ0n) is 16.8. The predicted molar refractivity (Wildman–Crippen MR) is 98.5 cm³/mol. The van der Waals surface area contributed by atoms with Gasteiger partial charge in [-0.15, -0.1) is 0 Å². The molecule has 0 radical (unpaired) electrons. The number of benzene rings is 1. The van der Waals surface area contributed by atoms with Crippen LogP contribution >= 0.6 is 0 Å². The number of amides is 3. The van der Waals surface area contributed by atoms with Crippen molar-refractivity contribution >= 4 is 23.9 Å². The van der Waals surface area contributed by atoms with Gasteiger partial charge >= 0.3 is 18.0 Å². The highest BCUT2D eigenvalue weighted by Gasteiger charge is 2.53. The number of carbonyl (C=O) groups is 4. The molecule has 0 aromatic heterocycles. The number of alkyl halides is 2. The third-order valence-electron chi connectivity index (χ3n) is 4.79. The molecule has 1 unspecified atom stereocenters. The number of likely N-dealkylation sites (tertiary alicyclic amines) is 1. The monoisotopic (exact) mass is 424 g/mol. The van der Waals surface area contributed by atoms with E-state index in [0.29, 0.717) is 0 Å². The minimum Gasteiger partial charge on any atom is -0.444 e. The number of ether oxygens (including phenoxy) is 1. The number of carbonyl (C=O) groups excluding carboxylic acids is 4. The van der Waals surface area contributed by atoms with E-state index in [1.807, 2.05) is 0 Å². The summed E-state index contributed by atoms with van der Waals surface area (Å²) in [6.45, 7) is 4.76. The fraction of sp³-hybridized carbons (Fsp3) is 0.500. The molecule has 0 spiro atoms. The fourth-order valence-electron chi connectivity index (χ4n) is 3.33. The summed E-state index contributed by atoms with van der Waals surface area (Å²) in [5, 5.41) is 0.0510. The van der Waals surface area contributed by atoms with Gasteiger partial charge in [-0.2, -0.15) is 8.78 Å². The van der Waals surface area contributed by atoms with Crippen LogP contribution in [0.5, 0.6) is 0 Å². The Hall–Kier alpha value is -3.04. The van der Waals surface area contributed by atoms with E-state index >= 15 is 0 Å². The molecule has 10 heteroatoms. The van der Waals surface area contributed by atoms with Gasteiger partial charge < -0.3 is 14.5 Å². The molecule has 1 aromatic carbocycles. The second-order valence-corrected chi connectivity index (χ2v) is 8.22.